The Balaban J connectivity index is 1.95. The van der Waals surface area contributed by atoms with Gasteiger partial charge in [-0.3, -0.25) is 4.90 Å². The molecule has 2 aromatic rings. The van der Waals surface area contributed by atoms with Crippen LogP contribution < -0.4 is 0 Å². The van der Waals surface area contributed by atoms with Crippen molar-refractivity contribution in [3.63, 3.8) is 0 Å². The molecular weight excluding hydrogens is 286 g/mol. The van der Waals surface area contributed by atoms with Crippen molar-refractivity contribution in [2.45, 2.75) is 31.4 Å². The SMILES string of the molecule is CC(C)CC12CN1C(=O)OC2(c1ccccc1)c1ccccc1. The number of nitrogens with zero attached hydrogens (tertiary/aromatic N) is 1. The van der Waals surface area contributed by atoms with Crippen molar-refractivity contribution in [1.29, 1.82) is 0 Å². The lowest BCUT2D eigenvalue weighted by molar-refractivity contribution is 0.0416. The lowest BCUT2D eigenvalue weighted by Gasteiger charge is -2.36. The Bertz CT molecular complexity index is 686. The topological polar surface area (TPSA) is 29.3 Å². The smallest absolute Gasteiger partial charge is 0.411 e. The van der Waals surface area contributed by atoms with E-state index in [-0.39, 0.29) is 11.6 Å². The highest BCUT2D eigenvalue weighted by Gasteiger charge is 2.76. The Labute approximate surface area is 136 Å². The summed E-state index contributed by atoms with van der Waals surface area (Å²) in [7, 11) is 0. The van der Waals surface area contributed by atoms with Crippen molar-refractivity contribution in [3.05, 3.63) is 71.8 Å². The summed E-state index contributed by atoms with van der Waals surface area (Å²) in [4.78, 5) is 14.4. The number of amides is 1. The number of hydrogen-bond donors (Lipinski definition) is 0. The minimum atomic E-state index is -0.711. The molecule has 2 saturated heterocycles. The van der Waals surface area contributed by atoms with Crippen molar-refractivity contribution in [2.75, 3.05) is 6.54 Å². The summed E-state index contributed by atoms with van der Waals surface area (Å²) < 4.78 is 6.07. The van der Waals surface area contributed by atoms with Crippen LogP contribution in [0.1, 0.15) is 31.4 Å². The maximum atomic E-state index is 12.5. The number of rotatable bonds is 4. The van der Waals surface area contributed by atoms with E-state index >= 15 is 0 Å². The summed E-state index contributed by atoms with van der Waals surface area (Å²) in [6.45, 7) is 5.18. The van der Waals surface area contributed by atoms with Gasteiger partial charge in [0, 0.05) is 11.1 Å². The van der Waals surface area contributed by atoms with E-state index in [1.165, 1.54) is 0 Å². The maximum Gasteiger partial charge on any atom is 0.411 e. The number of fused-ring (bicyclic) bond motifs is 1. The summed E-state index contributed by atoms with van der Waals surface area (Å²) in [5.41, 5.74) is 1.14. The van der Waals surface area contributed by atoms with Crippen molar-refractivity contribution in [2.24, 2.45) is 5.92 Å². The summed E-state index contributed by atoms with van der Waals surface area (Å²) in [5, 5.41) is 0. The van der Waals surface area contributed by atoms with Crippen molar-refractivity contribution in [1.82, 2.24) is 4.90 Å². The van der Waals surface area contributed by atoms with E-state index in [9.17, 15) is 4.79 Å². The summed E-state index contributed by atoms with van der Waals surface area (Å²) in [5.74, 6) is 0.487. The molecule has 0 aromatic heterocycles. The molecule has 4 rings (SSSR count). The minimum Gasteiger partial charge on any atom is -0.430 e. The van der Waals surface area contributed by atoms with Gasteiger partial charge in [0.1, 0.15) is 5.54 Å². The molecule has 2 aliphatic rings. The highest BCUT2D eigenvalue weighted by Crippen LogP contribution is 2.61. The zero-order valence-electron chi connectivity index (χ0n) is 13.5. The lowest BCUT2D eigenvalue weighted by atomic mass is 9.72. The van der Waals surface area contributed by atoms with Gasteiger partial charge in [-0.1, -0.05) is 74.5 Å². The number of cyclic esters (lactones) is 1. The Morgan fingerprint density at radius 2 is 1.52 bits per heavy atom. The molecule has 1 unspecified atom stereocenters. The molecule has 0 bridgehead atoms. The van der Waals surface area contributed by atoms with E-state index in [1.54, 1.807) is 0 Å². The van der Waals surface area contributed by atoms with Gasteiger partial charge in [-0.25, -0.2) is 4.79 Å². The van der Waals surface area contributed by atoms with E-state index in [0.717, 1.165) is 24.1 Å². The first kappa shape index (κ1) is 14.3. The second kappa shape index (κ2) is 4.85. The van der Waals surface area contributed by atoms with Gasteiger partial charge < -0.3 is 4.74 Å². The predicted octanol–water partition coefficient (Wildman–Crippen LogP) is 4.18. The average molecular weight is 307 g/mol. The first-order valence-corrected chi connectivity index (χ1v) is 8.22. The first-order valence-electron chi connectivity index (χ1n) is 8.22. The maximum absolute atomic E-state index is 12.5. The molecule has 0 radical (unpaired) electrons. The Morgan fingerprint density at radius 1 is 1.00 bits per heavy atom. The first-order chi connectivity index (χ1) is 11.1. The normalized spacial score (nSPS) is 24.5. The Morgan fingerprint density at radius 3 is 1.96 bits per heavy atom. The molecule has 0 N–H and O–H groups in total. The van der Waals surface area contributed by atoms with E-state index in [2.05, 4.69) is 38.1 Å². The zero-order chi connectivity index (χ0) is 16.1. The van der Waals surface area contributed by atoms with Crippen LogP contribution in [-0.4, -0.2) is 23.1 Å². The van der Waals surface area contributed by atoms with Gasteiger partial charge in [-0.05, 0) is 12.3 Å². The van der Waals surface area contributed by atoms with Crippen LogP contribution in [0.3, 0.4) is 0 Å². The van der Waals surface area contributed by atoms with Gasteiger partial charge in [0.05, 0.1) is 6.54 Å². The number of carbonyl (C=O) groups is 1. The van der Waals surface area contributed by atoms with Crippen LogP contribution in [0.4, 0.5) is 4.79 Å². The number of carbonyl (C=O) groups excluding carboxylic acids is 1. The van der Waals surface area contributed by atoms with E-state index in [0.29, 0.717) is 5.92 Å². The van der Waals surface area contributed by atoms with Crippen LogP contribution in [0, 0.1) is 5.92 Å². The molecule has 2 fully saturated rings. The second-order valence-corrected chi connectivity index (χ2v) is 7.00. The summed E-state index contributed by atoms with van der Waals surface area (Å²) in [6, 6.07) is 20.4. The molecule has 1 amide bonds. The quantitative estimate of drug-likeness (QED) is 0.793. The van der Waals surface area contributed by atoms with Crippen molar-refractivity contribution < 1.29 is 9.53 Å². The number of ether oxygens (including phenoxy) is 1. The van der Waals surface area contributed by atoms with Crippen molar-refractivity contribution in [3.8, 4) is 0 Å². The van der Waals surface area contributed by atoms with Crippen LogP contribution in [0.2, 0.25) is 0 Å². The summed E-state index contributed by atoms with van der Waals surface area (Å²) in [6.07, 6.45) is 0.737. The Kier molecular flexibility index (Phi) is 3.02. The van der Waals surface area contributed by atoms with Crippen molar-refractivity contribution >= 4 is 6.09 Å². The Hall–Kier alpha value is -2.29. The average Bonchev–Trinajstić information content (AvgIpc) is 3.23. The molecule has 3 heteroatoms. The van der Waals surface area contributed by atoms with Crippen LogP contribution in [-0.2, 0) is 10.3 Å². The molecule has 23 heavy (non-hydrogen) atoms. The highest BCUT2D eigenvalue weighted by atomic mass is 16.6. The van der Waals surface area contributed by atoms with Gasteiger partial charge in [0.2, 0.25) is 0 Å². The monoisotopic (exact) mass is 307 g/mol. The molecular formula is C20H21NO2. The largest absolute Gasteiger partial charge is 0.430 e. The molecule has 0 aliphatic carbocycles. The molecule has 0 spiro atoms. The molecule has 118 valence electrons. The van der Waals surface area contributed by atoms with Gasteiger partial charge in [0.25, 0.3) is 0 Å². The van der Waals surface area contributed by atoms with E-state index in [1.807, 2.05) is 41.3 Å². The van der Waals surface area contributed by atoms with Crippen LogP contribution >= 0.6 is 0 Å². The standard InChI is InChI=1S/C20H21NO2/c1-15(2)13-19-14-21(19)18(22)23-20(19,16-9-5-3-6-10-16)17-11-7-4-8-12-17/h3-12,15H,13-14H2,1-2H3. The predicted molar refractivity (Wildman–Crippen MR) is 89.0 cm³/mol. The fraction of sp³-hybridized carbons (Fsp3) is 0.350. The fourth-order valence-corrected chi connectivity index (χ4v) is 4.21. The van der Waals surface area contributed by atoms with E-state index in [4.69, 9.17) is 4.74 Å². The van der Waals surface area contributed by atoms with Gasteiger partial charge in [-0.15, -0.1) is 0 Å². The third kappa shape index (κ3) is 1.86. The third-order valence-electron chi connectivity index (χ3n) is 5.06. The fourth-order valence-electron chi connectivity index (χ4n) is 4.21. The molecule has 2 aromatic carbocycles. The number of benzene rings is 2. The molecule has 2 aliphatic heterocycles. The lowest BCUT2D eigenvalue weighted by Crippen LogP contribution is -2.44. The van der Waals surface area contributed by atoms with E-state index < -0.39 is 5.60 Å². The highest BCUT2D eigenvalue weighted by molar-refractivity contribution is 5.80. The molecule has 0 saturated carbocycles. The number of hydrogen-bond acceptors (Lipinski definition) is 2. The third-order valence-corrected chi connectivity index (χ3v) is 5.06. The van der Waals surface area contributed by atoms with Gasteiger partial charge in [0.15, 0.2) is 5.60 Å². The van der Waals surface area contributed by atoms with Gasteiger partial charge in [-0.2, -0.15) is 0 Å². The van der Waals surface area contributed by atoms with Gasteiger partial charge >= 0.3 is 6.09 Å². The van der Waals surface area contributed by atoms with Crippen LogP contribution in [0.5, 0.6) is 0 Å². The van der Waals surface area contributed by atoms with Crippen LogP contribution in [0.25, 0.3) is 0 Å². The van der Waals surface area contributed by atoms with Crippen LogP contribution in [0.15, 0.2) is 60.7 Å². The second-order valence-electron chi connectivity index (χ2n) is 7.00. The molecule has 1 atom stereocenters. The zero-order valence-corrected chi connectivity index (χ0v) is 13.5. The minimum absolute atomic E-state index is 0.196. The molecule has 3 nitrogen and oxygen atoms in total. The molecule has 2 heterocycles. The summed E-state index contributed by atoms with van der Waals surface area (Å²) >= 11 is 0.